The summed E-state index contributed by atoms with van der Waals surface area (Å²) in [7, 11) is -3.64. The van der Waals surface area contributed by atoms with Crippen LogP contribution in [0.5, 0.6) is 0 Å². The average molecular weight is 262 g/mol. The number of nitrogens with two attached hydrogens (primary N) is 2. The summed E-state index contributed by atoms with van der Waals surface area (Å²) in [5.74, 6) is 0. The van der Waals surface area contributed by atoms with Gasteiger partial charge in [0.05, 0.1) is 4.90 Å². The minimum atomic E-state index is -3.64. The number of rotatable bonds is 2. The molecule has 2 rings (SSSR count). The molecule has 2 aromatic carbocycles. The molecule has 4 nitrogen and oxygen atoms in total. The van der Waals surface area contributed by atoms with Crippen LogP contribution in [0.3, 0.4) is 0 Å². The van der Waals surface area contributed by atoms with Crippen LogP contribution < -0.4 is 10.9 Å². The van der Waals surface area contributed by atoms with E-state index in [-0.39, 0.29) is 4.90 Å². The minimum Gasteiger partial charge on any atom is -0.398 e. The summed E-state index contributed by atoms with van der Waals surface area (Å²) < 4.78 is 22.3. The van der Waals surface area contributed by atoms with Gasteiger partial charge >= 0.3 is 0 Å². The van der Waals surface area contributed by atoms with Gasteiger partial charge in [0.15, 0.2) is 0 Å². The number of aryl methyl sites for hydroxylation is 1. The summed E-state index contributed by atoms with van der Waals surface area (Å²) >= 11 is 0. The molecule has 0 atom stereocenters. The van der Waals surface area contributed by atoms with Crippen LogP contribution in [0.25, 0.3) is 11.1 Å². The number of hydrogen-bond donors (Lipinski definition) is 2. The number of primary sulfonamides is 1. The lowest BCUT2D eigenvalue weighted by atomic mass is 10.0. The van der Waals surface area contributed by atoms with Crippen LogP contribution in [0.4, 0.5) is 5.69 Å². The van der Waals surface area contributed by atoms with Gasteiger partial charge in [0, 0.05) is 5.69 Å². The quantitative estimate of drug-likeness (QED) is 0.810. The Balaban J connectivity index is 2.43. The maximum Gasteiger partial charge on any atom is 0.238 e. The molecule has 18 heavy (non-hydrogen) atoms. The highest BCUT2D eigenvalue weighted by Gasteiger charge is 2.07. The first-order chi connectivity index (χ1) is 8.38. The number of nitrogen functional groups attached to an aromatic ring is 1. The summed E-state index contributed by atoms with van der Waals surface area (Å²) in [6, 6.07) is 12.1. The van der Waals surface area contributed by atoms with Crippen molar-refractivity contribution in [2.24, 2.45) is 5.14 Å². The van der Waals surface area contributed by atoms with Gasteiger partial charge in [-0.2, -0.15) is 0 Å². The highest BCUT2D eigenvalue weighted by molar-refractivity contribution is 7.89. The molecule has 0 aliphatic rings. The molecule has 0 fully saturated rings. The van der Waals surface area contributed by atoms with Crippen LogP contribution in [0.1, 0.15) is 5.56 Å². The molecule has 2 aromatic rings. The fourth-order valence-electron chi connectivity index (χ4n) is 1.66. The molecule has 0 bridgehead atoms. The Bertz CT molecular complexity index is 677. The summed E-state index contributed by atoms with van der Waals surface area (Å²) in [4.78, 5) is 0.103. The van der Waals surface area contributed by atoms with Gasteiger partial charge in [-0.1, -0.05) is 24.3 Å². The van der Waals surface area contributed by atoms with Gasteiger partial charge in [-0.05, 0) is 41.8 Å². The molecule has 5 heteroatoms. The summed E-state index contributed by atoms with van der Waals surface area (Å²) in [5.41, 5.74) is 9.41. The van der Waals surface area contributed by atoms with Gasteiger partial charge in [0.1, 0.15) is 0 Å². The molecule has 0 radical (unpaired) electrons. The molecular weight excluding hydrogens is 248 g/mol. The molecule has 94 valence electrons. The second-order valence-electron chi connectivity index (χ2n) is 4.14. The third kappa shape index (κ3) is 2.52. The lowest BCUT2D eigenvalue weighted by Crippen LogP contribution is -2.11. The Morgan fingerprint density at radius 3 is 2.00 bits per heavy atom. The van der Waals surface area contributed by atoms with Crippen molar-refractivity contribution >= 4 is 15.7 Å². The van der Waals surface area contributed by atoms with Crippen molar-refractivity contribution in [2.45, 2.75) is 11.8 Å². The van der Waals surface area contributed by atoms with Gasteiger partial charge in [0.2, 0.25) is 10.0 Å². The Morgan fingerprint density at radius 2 is 1.50 bits per heavy atom. The molecule has 0 spiro atoms. The van der Waals surface area contributed by atoms with Crippen molar-refractivity contribution in [2.75, 3.05) is 5.73 Å². The van der Waals surface area contributed by atoms with Gasteiger partial charge in [-0.15, -0.1) is 0 Å². The van der Waals surface area contributed by atoms with Crippen molar-refractivity contribution in [3.05, 3.63) is 48.0 Å². The van der Waals surface area contributed by atoms with Crippen LogP contribution in [0.2, 0.25) is 0 Å². The maximum absolute atomic E-state index is 11.1. The van der Waals surface area contributed by atoms with E-state index in [0.717, 1.165) is 16.7 Å². The zero-order chi connectivity index (χ0) is 13.3. The molecule has 0 aliphatic heterocycles. The van der Waals surface area contributed by atoms with Gasteiger partial charge in [-0.25, -0.2) is 13.6 Å². The number of sulfonamides is 1. The van der Waals surface area contributed by atoms with E-state index >= 15 is 0 Å². The third-order valence-corrected chi connectivity index (χ3v) is 3.72. The smallest absolute Gasteiger partial charge is 0.238 e. The number of hydrogen-bond acceptors (Lipinski definition) is 3. The van der Waals surface area contributed by atoms with E-state index in [4.69, 9.17) is 10.9 Å². The Labute approximate surface area is 106 Å². The molecule has 0 amide bonds. The maximum atomic E-state index is 11.1. The molecule has 4 N–H and O–H groups in total. The van der Waals surface area contributed by atoms with E-state index in [9.17, 15) is 8.42 Å². The number of benzene rings is 2. The van der Waals surface area contributed by atoms with E-state index in [1.165, 1.54) is 12.1 Å². The Kier molecular flexibility index (Phi) is 3.11. The van der Waals surface area contributed by atoms with Crippen LogP contribution in [0, 0.1) is 6.92 Å². The Hall–Kier alpha value is -1.85. The Morgan fingerprint density at radius 1 is 0.944 bits per heavy atom. The highest BCUT2D eigenvalue weighted by atomic mass is 32.2. The molecule has 0 saturated heterocycles. The first-order valence-corrected chi connectivity index (χ1v) is 6.92. The number of anilines is 1. The summed E-state index contributed by atoms with van der Waals surface area (Å²) in [5, 5.41) is 5.04. The van der Waals surface area contributed by atoms with Crippen LogP contribution in [-0.2, 0) is 10.0 Å². The minimum absolute atomic E-state index is 0.103. The first-order valence-electron chi connectivity index (χ1n) is 5.37. The molecule has 0 unspecified atom stereocenters. The van der Waals surface area contributed by atoms with Gasteiger partial charge < -0.3 is 5.73 Å². The summed E-state index contributed by atoms with van der Waals surface area (Å²) in [6.07, 6.45) is 0. The second kappa shape index (κ2) is 4.44. The first kappa shape index (κ1) is 12.6. The van der Waals surface area contributed by atoms with E-state index in [0.29, 0.717) is 5.69 Å². The predicted octanol–water partition coefficient (Wildman–Crippen LogP) is 1.89. The normalized spacial score (nSPS) is 11.4. The molecular formula is C13H14N2O2S. The summed E-state index contributed by atoms with van der Waals surface area (Å²) in [6.45, 7) is 1.93. The van der Waals surface area contributed by atoms with E-state index in [1.54, 1.807) is 12.1 Å². The van der Waals surface area contributed by atoms with Crippen molar-refractivity contribution < 1.29 is 8.42 Å². The molecule has 0 heterocycles. The average Bonchev–Trinajstić information content (AvgIpc) is 2.32. The lowest BCUT2D eigenvalue weighted by molar-refractivity contribution is 0.598. The fourth-order valence-corrected chi connectivity index (χ4v) is 2.17. The van der Waals surface area contributed by atoms with Crippen molar-refractivity contribution in [1.82, 2.24) is 0 Å². The largest absolute Gasteiger partial charge is 0.398 e. The molecule has 0 saturated carbocycles. The third-order valence-electron chi connectivity index (χ3n) is 2.80. The van der Waals surface area contributed by atoms with Crippen LogP contribution in [0.15, 0.2) is 47.4 Å². The van der Waals surface area contributed by atoms with Gasteiger partial charge in [-0.3, -0.25) is 0 Å². The lowest BCUT2D eigenvalue weighted by Gasteiger charge is -2.06. The highest BCUT2D eigenvalue weighted by Crippen LogP contribution is 2.24. The van der Waals surface area contributed by atoms with Crippen molar-refractivity contribution in [3.8, 4) is 11.1 Å². The van der Waals surface area contributed by atoms with E-state index < -0.39 is 10.0 Å². The monoisotopic (exact) mass is 262 g/mol. The van der Waals surface area contributed by atoms with E-state index in [1.807, 2.05) is 25.1 Å². The standard InChI is InChI=1S/C13H14N2O2S/c1-9-2-3-11(8-13(9)14)10-4-6-12(7-5-10)18(15,16)17/h2-8H,14H2,1H3,(H2,15,16,17). The van der Waals surface area contributed by atoms with E-state index in [2.05, 4.69) is 0 Å². The van der Waals surface area contributed by atoms with Crippen molar-refractivity contribution in [1.29, 1.82) is 0 Å². The fraction of sp³-hybridized carbons (Fsp3) is 0.0769. The topological polar surface area (TPSA) is 86.2 Å². The molecule has 0 aromatic heterocycles. The predicted molar refractivity (Wildman–Crippen MR) is 72.4 cm³/mol. The molecule has 0 aliphatic carbocycles. The van der Waals surface area contributed by atoms with Crippen molar-refractivity contribution in [3.63, 3.8) is 0 Å². The zero-order valence-corrected chi connectivity index (χ0v) is 10.7. The zero-order valence-electron chi connectivity index (χ0n) is 9.92. The van der Waals surface area contributed by atoms with Gasteiger partial charge in [0.25, 0.3) is 0 Å². The van der Waals surface area contributed by atoms with Crippen LogP contribution in [-0.4, -0.2) is 8.42 Å². The van der Waals surface area contributed by atoms with Crippen LogP contribution >= 0.6 is 0 Å². The SMILES string of the molecule is Cc1ccc(-c2ccc(S(N)(=O)=O)cc2)cc1N. The second-order valence-corrected chi connectivity index (χ2v) is 5.70.